The van der Waals surface area contributed by atoms with Gasteiger partial charge in [-0.3, -0.25) is 9.97 Å². The minimum absolute atomic E-state index is 0.325. The fraction of sp³-hybridized carbons (Fsp3) is 0.333. The molecule has 0 saturated carbocycles. The number of aryl methyl sites for hydroxylation is 1. The van der Waals surface area contributed by atoms with E-state index in [1.165, 1.54) is 16.8 Å². The van der Waals surface area contributed by atoms with Crippen molar-refractivity contribution in [3.8, 4) is 0 Å². The Morgan fingerprint density at radius 1 is 1.22 bits per heavy atom. The topological polar surface area (TPSA) is 37.8 Å². The second kappa shape index (κ2) is 4.86. The fourth-order valence-corrected chi connectivity index (χ4v) is 2.62. The van der Waals surface area contributed by atoms with E-state index < -0.39 is 0 Å². The Kier molecular flexibility index (Phi) is 3.07. The van der Waals surface area contributed by atoms with Gasteiger partial charge in [-0.05, 0) is 49.1 Å². The van der Waals surface area contributed by atoms with E-state index in [1.807, 2.05) is 24.7 Å². The summed E-state index contributed by atoms with van der Waals surface area (Å²) in [6.45, 7) is 2.19. The van der Waals surface area contributed by atoms with Crippen molar-refractivity contribution in [3.63, 3.8) is 0 Å². The fourth-order valence-electron chi connectivity index (χ4n) is 2.62. The van der Waals surface area contributed by atoms with E-state index in [4.69, 9.17) is 0 Å². The Balaban J connectivity index is 1.75. The zero-order chi connectivity index (χ0) is 12.4. The van der Waals surface area contributed by atoms with Crippen LogP contribution in [0.2, 0.25) is 0 Å². The van der Waals surface area contributed by atoms with Gasteiger partial charge in [0.2, 0.25) is 0 Å². The second-order valence-corrected chi connectivity index (χ2v) is 4.81. The number of nitrogens with zero attached hydrogens (tertiary/aromatic N) is 2. The number of hydrogen-bond donors (Lipinski definition) is 1. The lowest BCUT2D eigenvalue weighted by Crippen LogP contribution is -2.23. The summed E-state index contributed by atoms with van der Waals surface area (Å²) in [5.41, 5.74) is 3.88. The molecule has 1 aliphatic rings. The first-order chi connectivity index (χ1) is 8.84. The second-order valence-electron chi connectivity index (χ2n) is 4.81. The van der Waals surface area contributed by atoms with Crippen molar-refractivity contribution in [2.75, 3.05) is 0 Å². The van der Waals surface area contributed by atoms with Crippen LogP contribution in [0.5, 0.6) is 0 Å². The van der Waals surface area contributed by atoms with E-state index in [1.54, 1.807) is 0 Å². The molecular weight excluding hydrogens is 222 g/mol. The molecule has 0 saturated heterocycles. The summed E-state index contributed by atoms with van der Waals surface area (Å²) >= 11 is 0. The van der Waals surface area contributed by atoms with Gasteiger partial charge in [0.15, 0.2) is 0 Å². The zero-order valence-corrected chi connectivity index (χ0v) is 10.5. The molecule has 1 N–H and O–H groups in total. The highest BCUT2D eigenvalue weighted by Gasteiger charge is 2.24. The first-order valence-electron chi connectivity index (χ1n) is 6.44. The zero-order valence-electron chi connectivity index (χ0n) is 10.5. The van der Waals surface area contributed by atoms with Crippen LogP contribution in [-0.4, -0.2) is 9.97 Å². The molecule has 0 radical (unpaired) electrons. The maximum atomic E-state index is 4.51. The maximum Gasteiger partial charge on any atom is 0.0605 e. The van der Waals surface area contributed by atoms with Gasteiger partial charge in [-0.25, -0.2) is 0 Å². The van der Waals surface area contributed by atoms with Crippen molar-refractivity contribution in [3.05, 3.63) is 59.7 Å². The Labute approximate surface area is 107 Å². The number of pyridine rings is 2. The Hall–Kier alpha value is -1.74. The molecule has 92 valence electrons. The average molecular weight is 239 g/mol. The van der Waals surface area contributed by atoms with E-state index in [-0.39, 0.29) is 0 Å². The van der Waals surface area contributed by atoms with Gasteiger partial charge in [-0.2, -0.15) is 0 Å². The highest BCUT2D eigenvalue weighted by molar-refractivity contribution is 5.28. The smallest absolute Gasteiger partial charge is 0.0605 e. The molecule has 2 aromatic rings. The van der Waals surface area contributed by atoms with Gasteiger partial charge in [0.05, 0.1) is 11.7 Å². The summed E-state index contributed by atoms with van der Waals surface area (Å²) in [5.74, 6) is 0. The minimum Gasteiger partial charge on any atom is -0.302 e. The summed E-state index contributed by atoms with van der Waals surface area (Å²) in [6, 6.07) is 9.03. The van der Waals surface area contributed by atoms with Crippen molar-refractivity contribution >= 4 is 0 Å². The molecular formula is C15H17N3. The quantitative estimate of drug-likeness (QED) is 0.895. The maximum absolute atomic E-state index is 4.51. The highest BCUT2D eigenvalue weighted by Crippen LogP contribution is 2.30. The summed E-state index contributed by atoms with van der Waals surface area (Å²) in [6.07, 6.45) is 7.84. The van der Waals surface area contributed by atoms with Gasteiger partial charge in [0, 0.05) is 24.6 Å². The molecule has 2 atom stereocenters. The van der Waals surface area contributed by atoms with Crippen LogP contribution in [0.1, 0.15) is 42.2 Å². The van der Waals surface area contributed by atoms with Gasteiger partial charge in [-0.1, -0.05) is 6.07 Å². The van der Waals surface area contributed by atoms with Crippen LogP contribution in [0.25, 0.3) is 0 Å². The molecule has 0 amide bonds. The number of aromatic nitrogens is 2. The SMILES string of the molecule is C[C@H](NC1CCc2cccnc21)c1ccncc1. The van der Waals surface area contributed by atoms with Crippen molar-refractivity contribution in [2.24, 2.45) is 0 Å². The lowest BCUT2D eigenvalue weighted by molar-refractivity contribution is 0.458. The van der Waals surface area contributed by atoms with Gasteiger partial charge in [0.25, 0.3) is 0 Å². The van der Waals surface area contributed by atoms with Crippen LogP contribution in [0.3, 0.4) is 0 Å². The Morgan fingerprint density at radius 2 is 2.06 bits per heavy atom. The molecule has 1 unspecified atom stereocenters. The third kappa shape index (κ3) is 2.14. The lowest BCUT2D eigenvalue weighted by Gasteiger charge is -2.19. The van der Waals surface area contributed by atoms with E-state index in [0.29, 0.717) is 12.1 Å². The van der Waals surface area contributed by atoms with Crippen LogP contribution in [-0.2, 0) is 6.42 Å². The summed E-state index contributed by atoms with van der Waals surface area (Å²) < 4.78 is 0. The number of hydrogen-bond acceptors (Lipinski definition) is 3. The van der Waals surface area contributed by atoms with Crippen LogP contribution >= 0.6 is 0 Å². The van der Waals surface area contributed by atoms with Crippen LogP contribution in [0.15, 0.2) is 42.9 Å². The molecule has 1 aliphatic carbocycles. The highest BCUT2D eigenvalue weighted by atomic mass is 15.0. The normalized spacial score (nSPS) is 19.5. The van der Waals surface area contributed by atoms with Crippen LogP contribution < -0.4 is 5.32 Å². The summed E-state index contributed by atoms with van der Waals surface area (Å²) in [7, 11) is 0. The van der Waals surface area contributed by atoms with Crippen molar-refractivity contribution < 1.29 is 0 Å². The first-order valence-corrected chi connectivity index (χ1v) is 6.44. The molecule has 18 heavy (non-hydrogen) atoms. The average Bonchev–Trinajstić information content (AvgIpc) is 2.83. The third-order valence-corrected chi connectivity index (χ3v) is 3.62. The Bertz CT molecular complexity index is 524. The predicted octanol–water partition coefficient (Wildman–Crippen LogP) is 2.81. The molecule has 3 rings (SSSR count). The van der Waals surface area contributed by atoms with Crippen molar-refractivity contribution in [2.45, 2.75) is 31.8 Å². The number of rotatable bonds is 3. The molecule has 2 aromatic heterocycles. The monoisotopic (exact) mass is 239 g/mol. The van der Waals surface area contributed by atoms with E-state index >= 15 is 0 Å². The summed E-state index contributed by atoms with van der Waals surface area (Å²) in [4.78, 5) is 8.57. The Morgan fingerprint density at radius 3 is 2.89 bits per heavy atom. The van der Waals surface area contributed by atoms with Gasteiger partial charge < -0.3 is 5.32 Å². The number of fused-ring (bicyclic) bond motifs is 1. The van der Waals surface area contributed by atoms with Crippen LogP contribution in [0.4, 0.5) is 0 Å². The van der Waals surface area contributed by atoms with Crippen molar-refractivity contribution in [1.82, 2.24) is 15.3 Å². The van der Waals surface area contributed by atoms with Crippen LogP contribution in [0, 0.1) is 0 Å². The van der Waals surface area contributed by atoms with Gasteiger partial charge in [0.1, 0.15) is 0 Å². The third-order valence-electron chi connectivity index (χ3n) is 3.62. The van der Waals surface area contributed by atoms with Crippen molar-refractivity contribution in [1.29, 1.82) is 0 Å². The lowest BCUT2D eigenvalue weighted by atomic mass is 10.1. The molecule has 0 bridgehead atoms. The predicted molar refractivity (Wildman–Crippen MR) is 71.1 cm³/mol. The van der Waals surface area contributed by atoms with E-state index in [2.05, 4.69) is 40.4 Å². The number of nitrogens with one attached hydrogen (secondary N) is 1. The van der Waals surface area contributed by atoms with E-state index in [9.17, 15) is 0 Å². The molecule has 0 fully saturated rings. The molecule has 0 aromatic carbocycles. The van der Waals surface area contributed by atoms with E-state index in [0.717, 1.165) is 12.8 Å². The first kappa shape index (κ1) is 11.4. The minimum atomic E-state index is 0.325. The standard InChI is InChI=1S/C15H17N3/c1-11(12-6-9-16-10-7-12)18-14-5-4-13-3-2-8-17-15(13)14/h2-3,6-11,14,18H,4-5H2,1H3/t11-,14?/m0/s1. The van der Waals surface area contributed by atoms with Gasteiger partial charge >= 0.3 is 0 Å². The summed E-state index contributed by atoms with van der Waals surface area (Å²) in [5, 5.41) is 3.66. The largest absolute Gasteiger partial charge is 0.302 e. The molecule has 3 heteroatoms. The molecule has 3 nitrogen and oxygen atoms in total. The molecule has 2 heterocycles. The molecule has 0 aliphatic heterocycles. The van der Waals surface area contributed by atoms with Gasteiger partial charge in [-0.15, -0.1) is 0 Å². The molecule has 0 spiro atoms.